The van der Waals surface area contributed by atoms with Crippen LogP contribution >= 0.6 is 0 Å². The molecular weight excluding hydrogens is 544 g/mol. The first kappa shape index (κ1) is 26.9. The summed E-state index contributed by atoms with van der Waals surface area (Å²) in [5.74, 6) is -1.20. The number of amides is 1. The number of rotatable bonds is 6. The first-order chi connectivity index (χ1) is 18.5. The number of halogens is 4. The molecule has 0 spiro atoms. The first-order valence-electron chi connectivity index (χ1n) is 12.0. The number of fused-ring (bicyclic) bond motifs is 1. The number of methoxy groups -OCH3 is 1. The summed E-state index contributed by atoms with van der Waals surface area (Å²) in [6.07, 6.45) is -2.55. The van der Waals surface area contributed by atoms with Crippen molar-refractivity contribution in [2.45, 2.75) is 31.5 Å². The van der Waals surface area contributed by atoms with Crippen molar-refractivity contribution in [3.05, 3.63) is 60.1 Å². The minimum Gasteiger partial charge on any atom is -0.495 e. The van der Waals surface area contributed by atoms with Crippen molar-refractivity contribution >= 4 is 27.6 Å². The Morgan fingerprint density at radius 3 is 2.64 bits per heavy atom. The van der Waals surface area contributed by atoms with Crippen molar-refractivity contribution in [1.29, 1.82) is 0 Å². The maximum Gasteiger partial charge on any atom is 0.416 e. The topological polar surface area (TPSA) is 105 Å². The van der Waals surface area contributed by atoms with Gasteiger partial charge in [-0.1, -0.05) is 17.3 Å². The van der Waals surface area contributed by atoms with Crippen LogP contribution < -0.4 is 14.4 Å². The van der Waals surface area contributed by atoms with Gasteiger partial charge in [-0.2, -0.15) is 25.9 Å². The van der Waals surface area contributed by atoms with E-state index < -0.39 is 33.8 Å². The number of hydrogen-bond acceptors (Lipinski definition) is 6. The maximum atomic E-state index is 15.4. The lowest BCUT2D eigenvalue weighted by molar-refractivity contribution is -0.137. The molecule has 0 saturated carbocycles. The van der Waals surface area contributed by atoms with Crippen molar-refractivity contribution < 1.29 is 40.0 Å². The van der Waals surface area contributed by atoms with E-state index in [-0.39, 0.29) is 66.1 Å². The number of carbonyl (C=O) groups excluding carboxylic acids is 1. The van der Waals surface area contributed by atoms with Crippen molar-refractivity contribution in [2.75, 3.05) is 29.8 Å². The summed E-state index contributed by atoms with van der Waals surface area (Å²) in [5, 5.41) is 3.56. The number of piperidine rings is 2. The van der Waals surface area contributed by atoms with Crippen LogP contribution in [0.2, 0.25) is 0 Å². The number of carbonyl (C=O) groups is 1. The summed E-state index contributed by atoms with van der Waals surface area (Å²) in [6.45, 7) is 0.208. The second-order valence-electron chi connectivity index (χ2n) is 9.35. The smallest absolute Gasteiger partial charge is 0.416 e. The highest BCUT2D eigenvalue weighted by Gasteiger charge is 2.44. The zero-order valence-corrected chi connectivity index (χ0v) is 21.4. The molecule has 3 aromatic rings. The minimum absolute atomic E-state index is 0.00755. The zero-order valence-electron chi connectivity index (χ0n) is 20.6. The molecule has 39 heavy (non-hydrogen) atoms. The van der Waals surface area contributed by atoms with E-state index in [0.29, 0.717) is 6.42 Å². The highest BCUT2D eigenvalue weighted by Crippen LogP contribution is 2.42. The van der Waals surface area contributed by atoms with Crippen LogP contribution in [0.5, 0.6) is 5.75 Å². The number of nitrogens with zero attached hydrogens (tertiary/aromatic N) is 3. The van der Waals surface area contributed by atoms with Gasteiger partial charge >= 0.3 is 16.4 Å². The van der Waals surface area contributed by atoms with Gasteiger partial charge in [-0.3, -0.25) is 9.52 Å². The van der Waals surface area contributed by atoms with E-state index in [1.165, 1.54) is 46.8 Å². The van der Waals surface area contributed by atoms with Gasteiger partial charge in [0.05, 0.1) is 18.4 Å². The Balaban J connectivity index is 1.44. The zero-order chi connectivity index (χ0) is 27.9. The lowest BCUT2D eigenvalue weighted by Crippen LogP contribution is -2.57. The number of alkyl halides is 3. The van der Waals surface area contributed by atoms with E-state index in [2.05, 4.69) is 14.4 Å². The van der Waals surface area contributed by atoms with Crippen molar-refractivity contribution in [3.63, 3.8) is 0 Å². The molecule has 2 fully saturated rings. The van der Waals surface area contributed by atoms with Gasteiger partial charge in [-0.25, -0.2) is 4.39 Å². The molecule has 2 aliphatic rings. The Labute approximate surface area is 221 Å². The van der Waals surface area contributed by atoms with E-state index >= 15 is 4.39 Å². The lowest BCUT2D eigenvalue weighted by Gasteiger charge is -2.46. The molecule has 14 heteroatoms. The fraction of sp³-hybridized carbons (Fsp3) is 0.360. The number of nitrogens with one attached hydrogen (secondary N) is 1. The number of aromatic nitrogens is 1. The van der Waals surface area contributed by atoms with Crippen LogP contribution in [0, 0.1) is 11.7 Å². The largest absolute Gasteiger partial charge is 0.495 e. The van der Waals surface area contributed by atoms with Gasteiger partial charge in [0.25, 0.3) is 0 Å². The molecule has 1 aromatic heterocycles. The summed E-state index contributed by atoms with van der Waals surface area (Å²) < 4.78 is 94.5. The van der Waals surface area contributed by atoms with Crippen LogP contribution in [-0.2, 0) is 21.2 Å². The second kappa shape index (κ2) is 10.2. The van der Waals surface area contributed by atoms with Crippen LogP contribution in [0.4, 0.5) is 29.1 Å². The Bertz CT molecular complexity index is 1480. The third kappa shape index (κ3) is 5.30. The average Bonchev–Trinajstić information content (AvgIpc) is 3.40. The number of hydrogen-bond donors (Lipinski definition) is 1. The van der Waals surface area contributed by atoms with Crippen LogP contribution in [0.1, 0.15) is 24.8 Å². The highest BCUT2D eigenvalue weighted by atomic mass is 32.2. The van der Waals surface area contributed by atoms with E-state index in [9.17, 15) is 26.4 Å². The fourth-order valence-electron chi connectivity index (χ4n) is 5.20. The van der Waals surface area contributed by atoms with Gasteiger partial charge in [0, 0.05) is 43.2 Å². The first-order valence-corrected chi connectivity index (χ1v) is 13.5. The van der Waals surface area contributed by atoms with Crippen LogP contribution in [0.25, 0.3) is 11.1 Å². The van der Waals surface area contributed by atoms with Crippen LogP contribution in [-0.4, -0.2) is 50.0 Å². The normalized spacial score (nSPS) is 20.5. The molecule has 0 radical (unpaired) electrons. The number of benzene rings is 2. The van der Waals surface area contributed by atoms with E-state index in [1.807, 2.05) is 0 Å². The molecule has 3 heterocycles. The third-order valence-corrected chi connectivity index (χ3v) is 8.50. The van der Waals surface area contributed by atoms with Gasteiger partial charge in [0.15, 0.2) is 5.82 Å². The molecule has 2 aromatic carbocycles. The maximum absolute atomic E-state index is 15.4. The monoisotopic (exact) mass is 568 g/mol. The molecular formula is C25H24F4N4O5S. The molecule has 0 aliphatic carbocycles. The predicted octanol–water partition coefficient (Wildman–Crippen LogP) is 4.68. The Morgan fingerprint density at radius 1 is 1.15 bits per heavy atom. The van der Waals surface area contributed by atoms with Crippen molar-refractivity contribution in [2.24, 2.45) is 5.92 Å². The highest BCUT2D eigenvalue weighted by molar-refractivity contribution is 7.90. The van der Waals surface area contributed by atoms with Gasteiger partial charge in [-0.05, 0) is 42.5 Å². The van der Waals surface area contributed by atoms with Gasteiger partial charge < -0.3 is 14.2 Å². The molecule has 9 nitrogen and oxygen atoms in total. The average molecular weight is 569 g/mol. The molecule has 1 amide bonds. The third-order valence-electron chi connectivity index (χ3n) is 7.03. The van der Waals surface area contributed by atoms with Gasteiger partial charge in [0.2, 0.25) is 5.91 Å². The van der Waals surface area contributed by atoms with Crippen LogP contribution in [0.3, 0.4) is 0 Å². The van der Waals surface area contributed by atoms with E-state index in [1.54, 1.807) is 0 Å². The summed E-state index contributed by atoms with van der Waals surface area (Å²) in [6, 6.07) is 7.60. The molecule has 1 N–H and O–H groups in total. The summed E-state index contributed by atoms with van der Waals surface area (Å²) in [7, 11) is -2.61. The molecule has 0 unspecified atom stereocenters. The Morgan fingerprint density at radius 2 is 1.95 bits per heavy atom. The standard InChI is InChI=1S/C25H24F4N4O5S/c1-37-22-12-18(15-3-2-4-17(11-15)25(27,28)29)19(26)13-21(22)33-20-7-9-32(14-16(20)5-6-24(33)34)39(35,36)31-23-8-10-38-30-23/h2-4,8,10-13,16,20H,5-7,9,14H2,1H3,(H,30,31)/t16-,20+/m1/s1. The molecule has 208 valence electrons. The van der Waals surface area contributed by atoms with E-state index in [0.717, 1.165) is 18.2 Å². The lowest BCUT2D eigenvalue weighted by atomic mass is 9.84. The molecule has 2 atom stereocenters. The molecule has 5 rings (SSSR count). The number of ether oxygens (including phenoxy) is 1. The van der Waals surface area contributed by atoms with Gasteiger partial charge in [-0.15, -0.1) is 0 Å². The number of anilines is 2. The SMILES string of the molecule is COc1cc(-c2cccc(C(F)(F)F)c2)c(F)cc1N1C(=O)CC[C@@H]2CN(S(=O)(=O)Nc3ccon3)CC[C@@H]21. The van der Waals surface area contributed by atoms with Gasteiger partial charge in [0.1, 0.15) is 17.8 Å². The Hall–Kier alpha value is -3.65. The second-order valence-corrected chi connectivity index (χ2v) is 11.0. The fourth-order valence-corrected chi connectivity index (χ4v) is 6.43. The Kier molecular flexibility index (Phi) is 7.01. The summed E-state index contributed by atoms with van der Waals surface area (Å²) in [4.78, 5) is 14.5. The minimum atomic E-state index is -4.60. The summed E-state index contributed by atoms with van der Waals surface area (Å²) >= 11 is 0. The van der Waals surface area contributed by atoms with Crippen molar-refractivity contribution in [1.82, 2.24) is 9.46 Å². The molecule has 0 bridgehead atoms. The molecule has 2 saturated heterocycles. The quantitative estimate of drug-likeness (QED) is 0.433. The van der Waals surface area contributed by atoms with Crippen molar-refractivity contribution in [3.8, 4) is 16.9 Å². The van der Waals surface area contributed by atoms with E-state index in [4.69, 9.17) is 4.74 Å². The summed E-state index contributed by atoms with van der Waals surface area (Å²) in [5.41, 5.74) is -0.880. The van der Waals surface area contributed by atoms with Crippen LogP contribution in [0.15, 0.2) is 53.3 Å². The predicted molar refractivity (Wildman–Crippen MR) is 133 cm³/mol. The molecule has 2 aliphatic heterocycles.